The Morgan fingerprint density at radius 3 is 2.61 bits per heavy atom. The Morgan fingerprint density at radius 2 is 2.00 bits per heavy atom. The zero-order chi connectivity index (χ0) is 16.7. The van der Waals surface area contributed by atoms with Crippen LogP contribution in [-0.2, 0) is 6.54 Å². The van der Waals surface area contributed by atoms with Crippen LogP contribution in [0.15, 0.2) is 33.7 Å². The summed E-state index contributed by atoms with van der Waals surface area (Å²) in [5.74, 6) is 2.92. The molecule has 0 spiro atoms. The van der Waals surface area contributed by atoms with Gasteiger partial charge in [0.05, 0.1) is 18.8 Å². The van der Waals surface area contributed by atoms with Crippen molar-refractivity contribution >= 4 is 17.6 Å². The maximum Gasteiger partial charge on any atom is 0.214 e. The van der Waals surface area contributed by atoms with Crippen LogP contribution in [0.1, 0.15) is 17.3 Å². The van der Waals surface area contributed by atoms with Crippen molar-refractivity contribution < 1.29 is 9.15 Å². The van der Waals surface area contributed by atoms with E-state index in [1.165, 1.54) is 0 Å². The quantitative estimate of drug-likeness (QED) is 0.482. The topological polar surface area (TPSA) is 71.7 Å². The van der Waals surface area contributed by atoms with E-state index in [0.717, 1.165) is 17.2 Å². The predicted molar refractivity (Wildman–Crippen MR) is 91.1 cm³/mol. The lowest BCUT2D eigenvalue weighted by molar-refractivity contribution is 0.322. The Labute approximate surface area is 140 Å². The van der Waals surface area contributed by atoms with Gasteiger partial charge >= 0.3 is 0 Å². The Morgan fingerprint density at radius 1 is 1.26 bits per heavy atom. The maximum absolute atomic E-state index is 5.83. The van der Waals surface area contributed by atoms with Gasteiger partial charge in [-0.15, -0.1) is 0 Å². The molecule has 0 unspecified atom stereocenters. The number of nitrogens with zero attached hydrogens (tertiary/aromatic N) is 2. The third-order valence-electron chi connectivity index (χ3n) is 3.18. The van der Waals surface area contributed by atoms with Gasteiger partial charge in [-0.3, -0.25) is 4.99 Å². The lowest BCUT2D eigenvalue weighted by atomic mass is 10.3. The van der Waals surface area contributed by atoms with Gasteiger partial charge in [0.2, 0.25) is 5.89 Å². The lowest BCUT2D eigenvalue weighted by Crippen LogP contribution is -2.38. The highest BCUT2D eigenvalue weighted by Gasteiger charge is 2.06. The minimum absolute atomic E-state index is 0.479. The predicted octanol–water partition coefficient (Wildman–Crippen LogP) is 2.69. The zero-order valence-electron chi connectivity index (χ0n) is 13.5. The van der Waals surface area contributed by atoms with Crippen molar-refractivity contribution in [1.29, 1.82) is 0 Å². The van der Waals surface area contributed by atoms with E-state index in [-0.39, 0.29) is 0 Å². The molecule has 0 atom stereocenters. The Balaban J connectivity index is 1.69. The van der Waals surface area contributed by atoms with Crippen molar-refractivity contribution in [2.75, 3.05) is 20.2 Å². The van der Waals surface area contributed by atoms with Crippen LogP contribution >= 0.6 is 11.6 Å². The minimum atomic E-state index is 0.479. The molecule has 0 aliphatic heterocycles. The average molecular weight is 337 g/mol. The van der Waals surface area contributed by atoms with Crippen molar-refractivity contribution in [1.82, 2.24) is 15.6 Å². The van der Waals surface area contributed by atoms with E-state index in [1.807, 2.05) is 26.0 Å². The van der Waals surface area contributed by atoms with Crippen LogP contribution in [0.3, 0.4) is 0 Å². The number of ether oxygens (including phenoxy) is 1. The van der Waals surface area contributed by atoms with Crippen molar-refractivity contribution in [3.05, 3.63) is 46.6 Å². The number of halogens is 1. The fourth-order valence-corrected chi connectivity index (χ4v) is 1.99. The number of aryl methyl sites for hydroxylation is 2. The van der Waals surface area contributed by atoms with Gasteiger partial charge in [0.25, 0.3) is 0 Å². The number of benzene rings is 1. The highest BCUT2D eigenvalue weighted by Crippen LogP contribution is 2.15. The van der Waals surface area contributed by atoms with Gasteiger partial charge in [0, 0.05) is 12.1 Å². The molecule has 7 heteroatoms. The first-order valence-electron chi connectivity index (χ1n) is 7.34. The summed E-state index contributed by atoms with van der Waals surface area (Å²) in [5.41, 5.74) is 0.904. The molecule has 23 heavy (non-hydrogen) atoms. The Bertz CT molecular complexity index is 633. The molecule has 6 nitrogen and oxygen atoms in total. The van der Waals surface area contributed by atoms with E-state index in [2.05, 4.69) is 20.6 Å². The van der Waals surface area contributed by atoms with E-state index in [1.54, 1.807) is 19.2 Å². The van der Waals surface area contributed by atoms with E-state index in [4.69, 9.17) is 20.8 Å². The summed E-state index contributed by atoms with van der Waals surface area (Å²) >= 11 is 5.83. The summed E-state index contributed by atoms with van der Waals surface area (Å²) in [7, 11) is 1.71. The van der Waals surface area contributed by atoms with E-state index >= 15 is 0 Å². The molecule has 2 rings (SSSR count). The number of hydrogen-bond acceptors (Lipinski definition) is 4. The largest absolute Gasteiger partial charge is 0.492 e. The number of oxazole rings is 1. The highest BCUT2D eigenvalue weighted by atomic mass is 35.5. The van der Waals surface area contributed by atoms with Crippen LogP contribution in [0.25, 0.3) is 0 Å². The first-order valence-corrected chi connectivity index (χ1v) is 7.72. The minimum Gasteiger partial charge on any atom is -0.492 e. The molecule has 0 aliphatic rings. The van der Waals surface area contributed by atoms with Crippen LogP contribution < -0.4 is 15.4 Å². The van der Waals surface area contributed by atoms with Crippen molar-refractivity contribution in [3.8, 4) is 5.75 Å². The average Bonchev–Trinajstić information content (AvgIpc) is 2.87. The van der Waals surface area contributed by atoms with E-state index in [0.29, 0.717) is 36.6 Å². The smallest absolute Gasteiger partial charge is 0.214 e. The summed E-state index contributed by atoms with van der Waals surface area (Å²) in [4.78, 5) is 8.45. The summed E-state index contributed by atoms with van der Waals surface area (Å²) < 4.78 is 11.1. The Hall–Kier alpha value is -2.21. The normalized spacial score (nSPS) is 11.4. The molecule has 0 radical (unpaired) electrons. The highest BCUT2D eigenvalue weighted by molar-refractivity contribution is 6.30. The van der Waals surface area contributed by atoms with Gasteiger partial charge in [-0.05, 0) is 38.1 Å². The second-order valence-electron chi connectivity index (χ2n) is 4.90. The van der Waals surface area contributed by atoms with E-state index < -0.39 is 0 Å². The number of aromatic nitrogens is 1. The maximum atomic E-state index is 5.83. The van der Waals surface area contributed by atoms with Gasteiger partial charge in [-0.25, -0.2) is 4.98 Å². The molecule has 0 aliphatic carbocycles. The van der Waals surface area contributed by atoms with Gasteiger partial charge < -0.3 is 19.8 Å². The fraction of sp³-hybridized carbons (Fsp3) is 0.375. The SMILES string of the molecule is CN=C(NCCOc1ccc(Cl)cc1)NCc1nc(C)c(C)o1. The van der Waals surface area contributed by atoms with Gasteiger partial charge in [-0.2, -0.15) is 0 Å². The van der Waals surface area contributed by atoms with Crippen LogP contribution in [0.2, 0.25) is 5.02 Å². The van der Waals surface area contributed by atoms with Gasteiger partial charge in [0.1, 0.15) is 18.1 Å². The summed E-state index contributed by atoms with van der Waals surface area (Å²) in [6.45, 7) is 5.42. The first-order chi connectivity index (χ1) is 11.1. The molecule has 0 fully saturated rings. The molecule has 0 bridgehead atoms. The molecule has 1 aromatic carbocycles. The monoisotopic (exact) mass is 336 g/mol. The molecular weight excluding hydrogens is 316 g/mol. The molecule has 1 aromatic heterocycles. The van der Waals surface area contributed by atoms with Crippen LogP contribution in [0, 0.1) is 13.8 Å². The number of rotatable bonds is 6. The molecule has 2 aromatic rings. The molecular formula is C16H21ClN4O2. The van der Waals surface area contributed by atoms with Crippen LogP contribution in [0.4, 0.5) is 0 Å². The molecule has 0 saturated carbocycles. The van der Waals surface area contributed by atoms with Crippen molar-refractivity contribution in [2.45, 2.75) is 20.4 Å². The summed E-state index contributed by atoms with van der Waals surface area (Å²) in [5, 5.41) is 6.99. The van der Waals surface area contributed by atoms with Gasteiger partial charge in [0.15, 0.2) is 5.96 Å². The second kappa shape index (κ2) is 8.43. The third-order valence-corrected chi connectivity index (χ3v) is 3.43. The number of hydrogen-bond donors (Lipinski definition) is 2. The molecule has 2 N–H and O–H groups in total. The number of aliphatic imine (C=N–C) groups is 1. The molecule has 0 amide bonds. The fourth-order valence-electron chi connectivity index (χ4n) is 1.86. The Kier molecular flexibility index (Phi) is 6.29. The number of guanidine groups is 1. The van der Waals surface area contributed by atoms with Crippen LogP contribution in [0.5, 0.6) is 5.75 Å². The first kappa shape index (κ1) is 17.1. The molecule has 1 heterocycles. The van der Waals surface area contributed by atoms with Crippen molar-refractivity contribution in [3.63, 3.8) is 0 Å². The summed E-state index contributed by atoms with van der Waals surface area (Å²) in [6, 6.07) is 7.27. The molecule has 124 valence electrons. The molecule has 0 saturated heterocycles. The van der Waals surface area contributed by atoms with E-state index in [9.17, 15) is 0 Å². The standard InChI is InChI=1S/C16H21ClN4O2/c1-11-12(2)23-15(21-11)10-20-16(18-3)19-8-9-22-14-6-4-13(17)5-7-14/h4-7H,8-10H2,1-3H3,(H2,18,19,20). The van der Waals surface area contributed by atoms with Gasteiger partial charge in [-0.1, -0.05) is 11.6 Å². The zero-order valence-corrected chi connectivity index (χ0v) is 14.3. The van der Waals surface area contributed by atoms with Crippen LogP contribution in [-0.4, -0.2) is 31.1 Å². The number of nitrogens with one attached hydrogen (secondary N) is 2. The third kappa shape index (κ3) is 5.49. The summed E-state index contributed by atoms with van der Waals surface area (Å²) in [6.07, 6.45) is 0. The second-order valence-corrected chi connectivity index (χ2v) is 5.34. The van der Waals surface area contributed by atoms with Crippen molar-refractivity contribution in [2.24, 2.45) is 4.99 Å². The lowest BCUT2D eigenvalue weighted by Gasteiger charge is -2.11.